The van der Waals surface area contributed by atoms with Gasteiger partial charge in [-0.3, -0.25) is 0 Å². The predicted molar refractivity (Wildman–Crippen MR) is 113 cm³/mol. The zero-order valence-electron chi connectivity index (χ0n) is 16.5. The Morgan fingerprint density at radius 3 is 2.75 bits per heavy atom. The maximum atomic E-state index is 6.22. The number of anilines is 1. The van der Waals surface area contributed by atoms with Crippen molar-refractivity contribution in [3.8, 4) is 18.1 Å². The van der Waals surface area contributed by atoms with Crippen molar-refractivity contribution >= 4 is 17.3 Å². The minimum Gasteiger partial charge on any atom is -0.485 e. The largest absolute Gasteiger partial charge is 0.485 e. The molecule has 2 aromatic carbocycles. The summed E-state index contributed by atoms with van der Waals surface area (Å²) in [6.45, 7) is 7.41. The fraction of sp³-hybridized carbons (Fsp3) is 0.391. The summed E-state index contributed by atoms with van der Waals surface area (Å²) >= 11 is 6.07. The fourth-order valence-corrected chi connectivity index (χ4v) is 3.69. The lowest BCUT2D eigenvalue weighted by molar-refractivity contribution is -0.154. The number of nitrogens with one attached hydrogen (secondary N) is 1. The molecule has 28 heavy (non-hydrogen) atoms. The summed E-state index contributed by atoms with van der Waals surface area (Å²) in [5, 5.41) is 4.16. The van der Waals surface area contributed by atoms with Crippen LogP contribution in [0.1, 0.15) is 38.0 Å². The Morgan fingerprint density at radius 2 is 2.04 bits per heavy atom. The molecule has 148 valence electrons. The molecule has 2 unspecified atom stereocenters. The lowest BCUT2D eigenvalue weighted by Gasteiger charge is -2.44. The van der Waals surface area contributed by atoms with E-state index in [0.717, 1.165) is 27.6 Å². The highest BCUT2D eigenvalue weighted by Gasteiger charge is 2.45. The van der Waals surface area contributed by atoms with E-state index in [-0.39, 0.29) is 18.8 Å². The Bertz CT molecular complexity index is 859. The van der Waals surface area contributed by atoms with Gasteiger partial charge in [0.2, 0.25) is 0 Å². The summed E-state index contributed by atoms with van der Waals surface area (Å²) < 4.78 is 18.2. The summed E-state index contributed by atoms with van der Waals surface area (Å²) in [4.78, 5) is 0. The SMILES string of the molecule is C#CCOC1C(OCC)c2cc(NCc3cccc(Cl)c3)ccc2OC1(C)C. The predicted octanol–water partition coefficient (Wildman–Crippen LogP) is 5.22. The van der Waals surface area contributed by atoms with Crippen LogP contribution < -0.4 is 10.1 Å². The molecule has 1 aliphatic heterocycles. The second-order valence-corrected chi connectivity index (χ2v) is 7.69. The van der Waals surface area contributed by atoms with E-state index in [1.807, 2.05) is 57.2 Å². The summed E-state index contributed by atoms with van der Waals surface area (Å²) in [6.07, 6.45) is 4.84. The molecule has 1 heterocycles. The molecule has 1 N–H and O–H groups in total. The minimum absolute atomic E-state index is 0.211. The van der Waals surface area contributed by atoms with Gasteiger partial charge in [-0.15, -0.1) is 6.42 Å². The lowest BCUT2D eigenvalue weighted by Crippen LogP contribution is -2.51. The highest BCUT2D eigenvalue weighted by atomic mass is 35.5. The number of terminal acetylenes is 1. The van der Waals surface area contributed by atoms with Gasteiger partial charge >= 0.3 is 0 Å². The molecule has 0 saturated heterocycles. The van der Waals surface area contributed by atoms with Gasteiger partial charge in [0.25, 0.3) is 0 Å². The Morgan fingerprint density at radius 1 is 1.21 bits per heavy atom. The molecule has 0 aliphatic carbocycles. The summed E-state index contributed by atoms with van der Waals surface area (Å²) in [6, 6.07) is 13.8. The van der Waals surface area contributed by atoms with Gasteiger partial charge in [0.05, 0.1) is 0 Å². The van der Waals surface area contributed by atoms with Crippen molar-refractivity contribution in [2.45, 2.75) is 45.1 Å². The normalized spacial score (nSPS) is 20.0. The van der Waals surface area contributed by atoms with Gasteiger partial charge in [-0.05, 0) is 56.7 Å². The minimum atomic E-state index is -0.556. The zero-order chi connectivity index (χ0) is 20.1. The van der Waals surface area contributed by atoms with E-state index in [9.17, 15) is 0 Å². The van der Waals surface area contributed by atoms with Gasteiger partial charge in [0.1, 0.15) is 30.2 Å². The monoisotopic (exact) mass is 399 g/mol. The molecular formula is C23H26ClNO3. The van der Waals surface area contributed by atoms with Crippen molar-refractivity contribution in [2.75, 3.05) is 18.5 Å². The molecule has 2 atom stereocenters. The van der Waals surface area contributed by atoms with Crippen LogP contribution in [-0.2, 0) is 16.0 Å². The molecule has 0 spiro atoms. The second kappa shape index (κ2) is 8.87. The first-order valence-electron chi connectivity index (χ1n) is 9.42. The van der Waals surface area contributed by atoms with Gasteiger partial charge in [-0.1, -0.05) is 29.7 Å². The number of halogens is 1. The van der Waals surface area contributed by atoms with Crippen LogP contribution in [-0.4, -0.2) is 24.9 Å². The number of hydrogen-bond donors (Lipinski definition) is 1. The van der Waals surface area contributed by atoms with E-state index in [1.165, 1.54) is 0 Å². The maximum Gasteiger partial charge on any atom is 0.132 e. The fourth-order valence-electron chi connectivity index (χ4n) is 3.48. The molecule has 0 radical (unpaired) electrons. The van der Waals surface area contributed by atoms with Crippen LogP contribution in [0.5, 0.6) is 5.75 Å². The Balaban J connectivity index is 1.85. The van der Waals surface area contributed by atoms with Gasteiger partial charge in [-0.25, -0.2) is 0 Å². The third-order valence-corrected chi connectivity index (χ3v) is 4.96. The van der Waals surface area contributed by atoms with Crippen LogP contribution in [0.25, 0.3) is 0 Å². The third kappa shape index (κ3) is 4.62. The molecule has 0 bridgehead atoms. The van der Waals surface area contributed by atoms with Crippen molar-refractivity contribution < 1.29 is 14.2 Å². The Kier molecular flexibility index (Phi) is 6.51. The average Bonchev–Trinajstić information content (AvgIpc) is 2.66. The zero-order valence-corrected chi connectivity index (χ0v) is 17.3. The molecule has 0 aromatic heterocycles. The summed E-state index contributed by atoms with van der Waals surface area (Å²) in [7, 11) is 0. The summed E-state index contributed by atoms with van der Waals surface area (Å²) in [5.41, 5.74) is 2.49. The van der Waals surface area contributed by atoms with Crippen LogP contribution >= 0.6 is 11.6 Å². The van der Waals surface area contributed by atoms with E-state index >= 15 is 0 Å². The Labute approximate surface area is 172 Å². The molecular weight excluding hydrogens is 374 g/mol. The average molecular weight is 400 g/mol. The first kappa shape index (κ1) is 20.5. The molecule has 3 rings (SSSR count). The molecule has 0 amide bonds. The quantitative estimate of drug-likeness (QED) is 0.648. The summed E-state index contributed by atoms with van der Waals surface area (Å²) in [5.74, 6) is 3.34. The number of hydrogen-bond acceptors (Lipinski definition) is 4. The number of benzene rings is 2. The van der Waals surface area contributed by atoms with Crippen molar-refractivity contribution in [1.29, 1.82) is 0 Å². The van der Waals surface area contributed by atoms with Crippen molar-refractivity contribution in [1.82, 2.24) is 0 Å². The topological polar surface area (TPSA) is 39.7 Å². The Hall–Kier alpha value is -2.19. The van der Waals surface area contributed by atoms with E-state index in [4.69, 9.17) is 32.2 Å². The number of rotatable bonds is 7. The first-order chi connectivity index (χ1) is 13.4. The van der Waals surface area contributed by atoms with E-state index in [0.29, 0.717) is 13.2 Å². The third-order valence-electron chi connectivity index (χ3n) is 4.73. The van der Waals surface area contributed by atoms with Crippen LogP contribution in [0.3, 0.4) is 0 Å². The van der Waals surface area contributed by atoms with E-state index < -0.39 is 5.60 Å². The van der Waals surface area contributed by atoms with Gasteiger partial charge in [0.15, 0.2) is 0 Å². The second-order valence-electron chi connectivity index (χ2n) is 7.25. The standard InChI is InChI=1S/C23H26ClNO3/c1-5-12-27-22-21(26-6-2)19-14-18(10-11-20(19)28-23(22,3)4)25-15-16-8-7-9-17(24)13-16/h1,7-11,13-14,21-22,25H,6,12,15H2,2-4H3. The highest BCUT2D eigenvalue weighted by molar-refractivity contribution is 6.30. The lowest BCUT2D eigenvalue weighted by atomic mass is 9.88. The molecule has 2 aromatic rings. The molecule has 5 heteroatoms. The van der Waals surface area contributed by atoms with Crippen molar-refractivity contribution in [3.63, 3.8) is 0 Å². The van der Waals surface area contributed by atoms with E-state index in [1.54, 1.807) is 0 Å². The van der Waals surface area contributed by atoms with Crippen molar-refractivity contribution in [2.24, 2.45) is 0 Å². The number of fused-ring (bicyclic) bond motifs is 1. The molecule has 1 aliphatic rings. The van der Waals surface area contributed by atoms with Crippen LogP contribution in [0.4, 0.5) is 5.69 Å². The van der Waals surface area contributed by atoms with Gasteiger partial charge in [0, 0.05) is 29.4 Å². The first-order valence-corrected chi connectivity index (χ1v) is 9.80. The highest BCUT2D eigenvalue weighted by Crippen LogP contribution is 2.44. The number of ether oxygens (including phenoxy) is 3. The van der Waals surface area contributed by atoms with Crippen LogP contribution in [0.2, 0.25) is 5.02 Å². The van der Waals surface area contributed by atoms with Gasteiger partial charge < -0.3 is 19.5 Å². The molecule has 0 fully saturated rings. The maximum absolute atomic E-state index is 6.22. The van der Waals surface area contributed by atoms with Crippen molar-refractivity contribution in [3.05, 3.63) is 58.6 Å². The molecule has 4 nitrogen and oxygen atoms in total. The van der Waals surface area contributed by atoms with Crippen LogP contribution in [0.15, 0.2) is 42.5 Å². The smallest absolute Gasteiger partial charge is 0.132 e. The van der Waals surface area contributed by atoms with Gasteiger partial charge in [-0.2, -0.15) is 0 Å². The van der Waals surface area contributed by atoms with Crippen LogP contribution in [0, 0.1) is 12.3 Å². The molecule has 0 saturated carbocycles. The van der Waals surface area contributed by atoms with E-state index in [2.05, 4.69) is 17.3 Å².